The van der Waals surface area contributed by atoms with Crippen molar-refractivity contribution in [2.45, 2.75) is 20.4 Å². The van der Waals surface area contributed by atoms with Gasteiger partial charge in [0, 0.05) is 23.1 Å². The number of hydrogen-bond acceptors (Lipinski definition) is 6. The fourth-order valence-electron chi connectivity index (χ4n) is 2.62. The number of hydrogen-bond donors (Lipinski definition) is 1. The first-order valence-corrected chi connectivity index (χ1v) is 8.10. The summed E-state index contributed by atoms with van der Waals surface area (Å²) < 4.78 is 5.65. The van der Waals surface area contributed by atoms with Gasteiger partial charge in [0.2, 0.25) is 5.43 Å². The molecule has 1 N–H and O–H groups in total. The molecule has 1 aromatic carbocycles. The third-order valence-electron chi connectivity index (χ3n) is 3.73. The fraction of sp³-hybridized carbons (Fsp3) is 0.294. The fourth-order valence-corrected chi connectivity index (χ4v) is 3.23. The summed E-state index contributed by atoms with van der Waals surface area (Å²) in [6.45, 7) is 4.20. The monoisotopic (exact) mass is 330 g/mol. The topological polar surface area (TPSA) is 66.6 Å². The van der Waals surface area contributed by atoms with E-state index in [1.54, 1.807) is 13.0 Å². The summed E-state index contributed by atoms with van der Waals surface area (Å²) in [5.74, 6) is 0.173. The molecule has 0 amide bonds. The highest BCUT2D eigenvalue weighted by Gasteiger charge is 2.17. The lowest BCUT2D eigenvalue weighted by molar-refractivity contribution is 0.385. The van der Waals surface area contributed by atoms with Gasteiger partial charge in [-0.15, -0.1) is 11.3 Å². The third-order valence-corrected chi connectivity index (χ3v) is 4.50. The van der Waals surface area contributed by atoms with E-state index in [-0.39, 0.29) is 11.2 Å². The smallest absolute Gasteiger partial charge is 0.202 e. The highest BCUT2D eigenvalue weighted by Crippen LogP contribution is 2.31. The van der Waals surface area contributed by atoms with Crippen LogP contribution in [0.3, 0.4) is 0 Å². The second-order valence-electron chi connectivity index (χ2n) is 5.85. The van der Waals surface area contributed by atoms with E-state index in [4.69, 9.17) is 4.42 Å². The van der Waals surface area contributed by atoms with Gasteiger partial charge in [-0.2, -0.15) is 0 Å². The van der Waals surface area contributed by atoms with E-state index in [0.717, 1.165) is 5.01 Å². The molecule has 0 saturated carbocycles. The minimum Gasteiger partial charge on any atom is -0.507 e. The van der Waals surface area contributed by atoms with E-state index in [1.165, 1.54) is 17.6 Å². The summed E-state index contributed by atoms with van der Waals surface area (Å²) in [5.41, 5.74) is 2.66. The molecule has 23 heavy (non-hydrogen) atoms. The summed E-state index contributed by atoms with van der Waals surface area (Å²) in [5, 5.41) is 13.5. The molecule has 0 bridgehead atoms. The molecular weight excluding hydrogens is 312 g/mol. The maximum Gasteiger partial charge on any atom is 0.202 e. The number of aryl methyl sites for hydroxylation is 2. The van der Waals surface area contributed by atoms with Crippen LogP contribution in [-0.4, -0.2) is 29.1 Å². The Balaban J connectivity index is 2.28. The molecule has 3 rings (SSSR count). The maximum absolute atomic E-state index is 12.8. The predicted molar refractivity (Wildman–Crippen MR) is 92.1 cm³/mol. The molecule has 0 atom stereocenters. The second kappa shape index (κ2) is 5.79. The molecule has 0 spiro atoms. The Kier molecular flexibility index (Phi) is 3.95. The Bertz CT molecular complexity index is 941. The van der Waals surface area contributed by atoms with Gasteiger partial charge in [0.1, 0.15) is 17.6 Å². The SMILES string of the molecule is Cc1nc(-c2coc3c(C)c(O)c(CN(C)C)cc3c2=O)cs1. The zero-order valence-corrected chi connectivity index (χ0v) is 14.3. The van der Waals surface area contributed by atoms with Gasteiger partial charge < -0.3 is 14.4 Å². The molecule has 0 fully saturated rings. The molecule has 0 unspecified atom stereocenters. The van der Waals surface area contributed by atoms with Gasteiger partial charge in [-0.3, -0.25) is 4.79 Å². The van der Waals surface area contributed by atoms with Crippen LogP contribution < -0.4 is 5.43 Å². The van der Waals surface area contributed by atoms with Crippen molar-refractivity contribution in [1.29, 1.82) is 0 Å². The quantitative estimate of drug-likeness (QED) is 0.798. The lowest BCUT2D eigenvalue weighted by Gasteiger charge is -2.14. The Morgan fingerprint density at radius 1 is 1.35 bits per heavy atom. The van der Waals surface area contributed by atoms with Crippen LogP contribution in [0.1, 0.15) is 16.1 Å². The average molecular weight is 330 g/mol. The number of nitrogens with zero attached hydrogens (tertiary/aromatic N) is 2. The zero-order valence-electron chi connectivity index (χ0n) is 13.5. The molecule has 0 aliphatic heterocycles. The summed E-state index contributed by atoms with van der Waals surface area (Å²) in [7, 11) is 3.83. The van der Waals surface area contributed by atoms with Crippen LogP contribution in [-0.2, 0) is 6.54 Å². The van der Waals surface area contributed by atoms with Gasteiger partial charge in [-0.1, -0.05) is 0 Å². The van der Waals surface area contributed by atoms with E-state index >= 15 is 0 Å². The number of aromatic nitrogens is 1. The van der Waals surface area contributed by atoms with Crippen molar-refractivity contribution in [3.63, 3.8) is 0 Å². The van der Waals surface area contributed by atoms with E-state index in [9.17, 15) is 9.90 Å². The molecule has 2 heterocycles. The van der Waals surface area contributed by atoms with Crippen molar-refractivity contribution in [3.05, 3.63) is 44.1 Å². The predicted octanol–water partition coefficient (Wildman–Crippen LogP) is 3.30. The Labute approximate surface area is 137 Å². The lowest BCUT2D eigenvalue weighted by atomic mass is 10.0. The van der Waals surface area contributed by atoms with Crippen LogP contribution in [0.25, 0.3) is 22.2 Å². The highest BCUT2D eigenvalue weighted by atomic mass is 32.1. The molecule has 5 nitrogen and oxygen atoms in total. The molecule has 0 radical (unpaired) electrons. The highest BCUT2D eigenvalue weighted by molar-refractivity contribution is 7.09. The maximum atomic E-state index is 12.8. The standard InChI is InChI=1S/C17H18N2O3S/c1-9-15(20)11(6-19(3)4)5-12-16(21)13(7-22-17(9)12)14-8-23-10(2)18-14/h5,7-8,20H,6H2,1-4H3. The first-order chi connectivity index (χ1) is 10.9. The summed E-state index contributed by atoms with van der Waals surface area (Å²) in [4.78, 5) is 19.1. The van der Waals surface area contributed by atoms with Crippen LogP contribution in [0.15, 0.2) is 26.9 Å². The zero-order chi connectivity index (χ0) is 16.7. The summed E-state index contributed by atoms with van der Waals surface area (Å²) in [6.07, 6.45) is 1.43. The molecule has 0 aliphatic rings. The molecule has 6 heteroatoms. The molecule has 0 saturated heterocycles. The van der Waals surface area contributed by atoms with Gasteiger partial charge >= 0.3 is 0 Å². The van der Waals surface area contributed by atoms with E-state index in [1.807, 2.05) is 31.3 Å². The van der Waals surface area contributed by atoms with Gasteiger partial charge in [0.05, 0.1) is 21.7 Å². The van der Waals surface area contributed by atoms with Gasteiger partial charge in [0.25, 0.3) is 0 Å². The summed E-state index contributed by atoms with van der Waals surface area (Å²) in [6, 6.07) is 1.71. The Hall–Kier alpha value is -2.18. The molecule has 0 aliphatic carbocycles. The third kappa shape index (κ3) is 2.75. The largest absolute Gasteiger partial charge is 0.507 e. The van der Waals surface area contributed by atoms with Crippen LogP contribution in [0, 0.1) is 13.8 Å². The first-order valence-electron chi connectivity index (χ1n) is 7.22. The van der Waals surface area contributed by atoms with Crippen LogP contribution in [0.4, 0.5) is 0 Å². The Morgan fingerprint density at radius 2 is 2.09 bits per heavy atom. The van der Waals surface area contributed by atoms with Crippen LogP contribution in [0.5, 0.6) is 5.75 Å². The number of aromatic hydroxyl groups is 1. The van der Waals surface area contributed by atoms with E-state index in [0.29, 0.717) is 39.9 Å². The van der Waals surface area contributed by atoms with Gasteiger partial charge in [-0.05, 0) is 34.0 Å². The van der Waals surface area contributed by atoms with Crippen molar-refractivity contribution < 1.29 is 9.52 Å². The molecule has 3 aromatic rings. The van der Waals surface area contributed by atoms with Gasteiger partial charge in [0.15, 0.2) is 0 Å². The summed E-state index contributed by atoms with van der Waals surface area (Å²) >= 11 is 1.49. The minimum atomic E-state index is -0.125. The van der Waals surface area contributed by atoms with Crippen molar-refractivity contribution in [1.82, 2.24) is 9.88 Å². The number of phenols is 1. The lowest BCUT2D eigenvalue weighted by Crippen LogP contribution is -2.12. The number of thiazole rings is 1. The van der Waals surface area contributed by atoms with Crippen molar-refractivity contribution in [3.8, 4) is 17.0 Å². The van der Waals surface area contributed by atoms with Crippen molar-refractivity contribution in [2.75, 3.05) is 14.1 Å². The van der Waals surface area contributed by atoms with Crippen molar-refractivity contribution >= 4 is 22.3 Å². The number of phenolic OH excluding ortho intramolecular Hbond substituents is 1. The van der Waals surface area contributed by atoms with Crippen molar-refractivity contribution in [2.24, 2.45) is 0 Å². The van der Waals surface area contributed by atoms with Crippen LogP contribution >= 0.6 is 11.3 Å². The number of rotatable bonds is 3. The average Bonchev–Trinajstić information content (AvgIpc) is 2.91. The number of benzene rings is 1. The van der Waals surface area contributed by atoms with E-state index < -0.39 is 0 Å². The normalized spacial score (nSPS) is 11.5. The second-order valence-corrected chi connectivity index (χ2v) is 6.92. The molecule has 120 valence electrons. The molecular formula is C17H18N2O3S. The van der Waals surface area contributed by atoms with E-state index in [2.05, 4.69) is 4.98 Å². The van der Waals surface area contributed by atoms with Gasteiger partial charge in [-0.25, -0.2) is 4.98 Å². The molecule has 2 aromatic heterocycles. The minimum absolute atomic E-state index is 0.125. The van der Waals surface area contributed by atoms with Crippen LogP contribution in [0.2, 0.25) is 0 Å². The first kappa shape index (κ1) is 15.7. The Morgan fingerprint density at radius 3 is 2.70 bits per heavy atom. The number of fused-ring (bicyclic) bond motifs is 1.